The Labute approximate surface area is 98.2 Å². The average molecular weight is 225 g/mol. The van der Waals surface area contributed by atoms with E-state index >= 15 is 0 Å². The van der Waals surface area contributed by atoms with Crippen LogP contribution in [-0.4, -0.2) is 23.3 Å². The number of hydrogen-bond acceptors (Lipinski definition) is 2. The van der Waals surface area contributed by atoms with Crippen molar-refractivity contribution >= 4 is 11.8 Å². The maximum atomic E-state index is 11.9. The Hall–Kier alpha value is -0.860. The minimum absolute atomic E-state index is 0.0208. The molecule has 1 aliphatic rings. The van der Waals surface area contributed by atoms with E-state index in [1.807, 2.05) is 13.8 Å². The predicted octanol–water partition coefficient (Wildman–Crippen LogP) is 2.45. The third-order valence-electron chi connectivity index (χ3n) is 3.25. The number of nitrogens with zero attached hydrogens (tertiary/aromatic N) is 1. The summed E-state index contributed by atoms with van der Waals surface area (Å²) in [6.07, 6.45) is 2.42. The second-order valence-corrected chi connectivity index (χ2v) is 5.47. The van der Waals surface area contributed by atoms with Gasteiger partial charge in [-0.15, -0.1) is 0 Å². The van der Waals surface area contributed by atoms with Crippen molar-refractivity contribution < 1.29 is 9.59 Å². The molecule has 0 bridgehead atoms. The van der Waals surface area contributed by atoms with Gasteiger partial charge in [0.25, 0.3) is 0 Å². The first-order valence-corrected chi connectivity index (χ1v) is 6.27. The molecule has 1 atom stereocenters. The van der Waals surface area contributed by atoms with Crippen molar-refractivity contribution in [2.75, 3.05) is 6.54 Å². The summed E-state index contributed by atoms with van der Waals surface area (Å²) in [6, 6.07) is 0. The van der Waals surface area contributed by atoms with E-state index in [0.29, 0.717) is 18.9 Å². The fourth-order valence-electron chi connectivity index (χ4n) is 2.12. The molecule has 0 saturated carbocycles. The maximum Gasteiger partial charge on any atom is 0.233 e. The maximum absolute atomic E-state index is 11.9. The summed E-state index contributed by atoms with van der Waals surface area (Å²) in [4.78, 5) is 25.1. The van der Waals surface area contributed by atoms with Crippen LogP contribution in [0, 0.1) is 17.8 Å². The lowest BCUT2D eigenvalue weighted by Crippen LogP contribution is -2.32. The lowest BCUT2D eigenvalue weighted by atomic mass is 9.94. The summed E-state index contributed by atoms with van der Waals surface area (Å²) in [7, 11) is 0. The van der Waals surface area contributed by atoms with Gasteiger partial charge in [-0.3, -0.25) is 14.5 Å². The molecule has 1 heterocycles. The van der Waals surface area contributed by atoms with Gasteiger partial charge in [-0.2, -0.15) is 0 Å². The standard InChI is InChI=1S/C13H23NO2/c1-9(2)6-5-7-14-12(15)8-11(10(3)4)13(14)16/h9-11H,5-8H2,1-4H3. The lowest BCUT2D eigenvalue weighted by Gasteiger charge is -2.16. The molecule has 0 radical (unpaired) electrons. The number of carbonyl (C=O) groups is 2. The van der Waals surface area contributed by atoms with Gasteiger partial charge in [0.2, 0.25) is 11.8 Å². The van der Waals surface area contributed by atoms with E-state index in [-0.39, 0.29) is 23.7 Å². The minimum atomic E-state index is -0.0773. The Morgan fingerprint density at radius 3 is 2.31 bits per heavy atom. The third kappa shape index (κ3) is 3.06. The SMILES string of the molecule is CC(C)CCCN1C(=O)CC(C(C)C)C1=O. The highest BCUT2D eigenvalue weighted by Crippen LogP contribution is 2.26. The van der Waals surface area contributed by atoms with E-state index in [1.54, 1.807) is 0 Å². The van der Waals surface area contributed by atoms with Crippen LogP contribution in [-0.2, 0) is 9.59 Å². The van der Waals surface area contributed by atoms with Gasteiger partial charge < -0.3 is 0 Å². The van der Waals surface area contributed by atoms with Gasteiger partial charge in [-0.05, 0) is 24.7 Å². The molecule has 0 aromatic heterocycles. The van der Waals surface area contributed by atoms with Gasteiger partial charge in [0.1, 0.15) is 0 Å². The molecule has 92 valence electrons. The van der Waals surface area contributed by atoms with Crippen molar-refractivity contribution in [3.8, 4) is 0 Å². The van der Waals surface area contributed by atoms with Gasteiger partial charge in [0, 0.05) is 18.9 Å². The van der Waals surface area contributed by atoms with Gasteiger partial charge in [-0.1, -0.05) is 27.7 Å². The number of carbonyl (C=O) groups excluding carboxylic acids is 2. The Morgan fingerprint density at radius 2 is 1.88 bits per heavy atom. The van der Waals surface area contributed by atoms with Crippen LogP contribution in [0.3, 0.4) is 0 Å². The smallest absolute Gasteiger partial charge is 0.233 e. The molecule has 0 spiro atoms. The van der Waals surface area contributed by atoms with Crippen LogP contribution in [0.5, 0.6) is 0 Å². The fourth-order valence-corrected chi connectivity index (χ4v) is 2.12. The van der Waals surface area contributed by atoms with Crippen LogP contribution in [0.25, 0.3) is 0 Å². The molecule has 0 aromatic rings. The van der Waals surface area contributed by atoms with Crippen molar-refractivity contribution in [2.45, 2.75) is 47.0 Å². The largest absolute Gasteiger partial charge is 0.282 e. The summed E-state index contributed by atoms with van der Waals surface area (Å²) >= 11 is 0. The van der Waals surface area contributed by atoms with Crippen LogP contribution in [0.2, 0.25) is 0 Å². The molecule has 1 fully saturated rings. The van der Waals surface area contributed by atoms with E-state index in [0.717, 1.165) is 12.8 Å². The minimum Gasteiger partial charge on any atom is -0.282 e. The van der Waals surface area contributed by atoms with Gasteiger partial charge >= 0.3 is 0 Å². The van der Waals surface area contributed by atoms with E-state index in [9.17, 15) is 9.59 Å². The molecule has 0 N–H and O–H groups in total. The summed E-state index contributed by atoms with van der Waals surface area (Å²) in [5, 5.41) is 0. The first-order valence-electron chi connectivity index (χ1n) is 6.27. The molecule has 3 nitrogen and oxygen atoms in total. The summed E-state index contributed by atoms with van der Waals surface area (Å²) in [6.45, 7) is 8.94. The highest BCUT2D eigenvalue weighted by Gasteiger charge is 2.39. The van der Waals surface area contributed by atoms with Crippen LogP contribution in [0.1, 0.15) is 47.0 Å². The predicted molar refractivity (Wildman–Crippen MR) is 63.7 cm³/mol. The van der Waals surface area contributed by atoms with Crippen molar-refractivity contribution in [3.05, 3.63) is 0 Å². The Morgan fingerprint density at radius 1 is 1.25 bits per heavy atom. The Kier molecular flexibility index (Phi) is 4.51. The molecule has 0 aliphatic carbocycles. The number of amides is 2. The first kappa shape index (κ1) is 13.2. The van der Waals surface area contributed by atoms with Crippen LogP contribution in [0.15, 0.2) is 0 Å². The molecule has 1 unspecified atom stereocenters. The molecule has 3 heteroatoms. The quantitative estimate of drug-likeness (QED) is 0.674. The molecular weight excluding hydrogens is 202 g/mol. The zero-order valence-electron chi connectivity index (χ0n) is 10.8. The zero-order valence-corrected chi connectivity index (χ0v) is 10.8. The Bertz CT molecular complexity index is 271. The van der Waals surface area contributed by atoms with Gasteiger partial charge in [0.05, 0.1) is 0 Å². The Balaban J connectivity index is 2.48. The molecule has 1 aliphatic heterocycles. The normalized spacial score (nSPS) is 21.6. The van der Waals surface area contributed by atoms with E-state index in [1.165, 1.54) is 4.90 Å². The molecule has 1 rings (SSSR count). The molecule has 0 aromatic carbocycles. The number of rotatable bonds is 5. The van der Waals surface area contributed by atoms with Crippen LogP contribution in [0.4, 0.5) is 0 Å². The summed E-state index contributed by atoms with van der Waals surface area (Å²) in [5.41, 5.74) is 0. The summed E-state index contributed by atoms with van der Waals surface area (Å²) in [5.74, 6) is 0.892. The number of imide groups is 1. The second-order valence-electron chi connectivity index (χ2n) is 5.47. The molecule has 1 saturated heterocycles. The highest BCUT2D eigenvalue weighted by molar-refractivity contribution is 6.03. The van der Waals surface area contributed by atoms with Crippen molar-refractivity contribution in [2.24, 2.45) is 17.8 Å². The molecular formula is C13H23NO2. The third-order valence-corrected chi connectivity index (χ3v) is 3.25. The molecule has 2 amide bonds. The average Bonchev–Trinajstić information content (AvgIpc) is 2.44. The van der Waals surface area contributed by atoms with Gasteiger partial charge in [-0.25, -0.2) is 0 Å². The van der Waals surface area contributed by atoms with E-state index in [4.69, 9.17) is 0 Å². The topological polar surface area (TPSA) is 37.4 Å². The zero-order chi connectivity index (χ0) is 12.3. The first-order chi connectivity index (χ1) is 7.43. The number of hydrogen-bond donors (Lipinski definition) is 0. The monoisotopic (exact) mass is 225 g/mol. The van der Waals surface area contributed by atoms with Gasteiger partial charge in [0.15, 0.2) is 0 Å². The van der Waals surface area contributed by atoms with Crippen molar-refractivity contribution in [1.82, 2.24) is 4.90 Å². The van der Waals surface area contributed by atoms with E-state index < -0.39 is 0 Å². The molecule has 16 heavy (non-hydrogen) atoms. The second kappa shape index (κ2) is 5.46. The lowest BCUT2D eigenvalue weighted by molar-refractivity contribution is -0.139. The van der Waals surface area contributed by atoms with Crippen LogP contribution >= 0.6 is 0 Å². The fraction of sp³-hybridized carbons (Fsp3) is 0.846. The van der Waals surface area contributed by atoms with Crippen molar-refractivity contribution in [3.63, 3.8) is 0 Å². The highest BCUT2D eigenvalue weighted by atomic mass is 16.2. The summed E-state index contributed by atoms with van der Waals surface area (Å²) < 4.78 is 0. The van der Waals surface area contributed by atoms with Crippen LogP contribution < -0.4 is 0 Å². The van der Waals surface area contributed by atoms with E-state index in [2.05, 4.69) is 13.8 Å². The number of likely N-dealkylation sites (tertiary alicyclic amines) is 1. The van der Waals surface area contributed by atoms with Crippen molar-refractivity contribution in [1.29, 1.82) is 0 Å².